The van der Waals surface area contributed by atoms with E-state index in [9.17, 15) is 4.79 Å². The van der Waals surface area contributed by atoms with E-state index in [-0.39, 0.29) is 24.7 Å². The Morgan fingerprint density at radius 2 is 1.78 bits per heavy atom. The van der Waals surface area contributed by atoms with E-state index in [1.54, 1.807) is 18.2 Å². The Hall–Kier alpha value is -2.20. The Bertz CT molecular complexity index is 713. The summed E-state index contributed by atoms with van der Waals surface area (Å²) in [4.78, 5) is 12.6. The molecule has 1 N–H and O–H groups in total. The highest BCUT2D eigenvalue weighted by atomic mass is 35.5. The van der Waals surface area contributed by atoms with Crippen LogP contribution in [0.25, 0.3) is 0 Å². The number of hydrogen-bond acceptors (Lipinski definition) is 3. The van der Waals surface area contributed by atoms with Crippen molar-refractivity contribution in [2.45, 2.75) is 19.9 Å². The van der Waals surface area contributed by atoms with Crippen molar-refractivity contribution in [3.63, 3.8) is 0 Å². The van der Waals surface area contributed by atoms with Gasteiger partial charge in [-0.25, -0.2) is 0 Å². The highest BCUT2D eigenvalue weighted by Gasteiger charge is 2.21. The van der Waals surface area contributed by atoms with E-state index in [4.69, 9.17) is 21.1 Å². The van der Waals surface area contributed by atoms with Crippen LogP contribution in [0.5, 0.6) is 11.5 Å². The molecule has 2 aromatic carbocycles. The van der Waals surface area contributed by atoms with Crippen LogP contribution in [0.3, 0.4) is 0 Å². The fourth-order valence-corrected chi connectivity index (χ4v) is 2.69. The van der Waals surface area contributed by atoms with Crippen molar-refractivity contribution in [3.8, 4) is 11.5 Å². The average Bonchev–Trinajstić information content (AvgIpc) is 3.00. The molecule has 2 aromatic rings. The zero-order chi connectivity index (χ0) is 16.4. The molecule has 0 saturated heterocycles. The number of benzene rings is 2. The summed E-state index contributed by atoms with van der Waals surface area (Å²) in [6, 6.07) is 12.6. The van der Waals surface area contributed by atoms with Gasteiger partial charge in [-0.05, 0) is 41.8 Å². The molecule has 0 radical (unpaired) electrons. The van der Waals surface area contributed by atoms with Crippen LogP contribution in [0, 0.1) is 5.92 Å². The molecule has 5 heteroatoms. The van der Waals surface area contributed by atoms with E-state index in [0.717, 1.165) is 5.56 Å². The average molecular weight is 332 g/mol. The van der Waals surface area contributed by atoms with E-state index >= 15 is 0 Å². The molecule has 1 atom stereocenters. The number of carbonyl (C=O) groups is 1. The van der Waals surface area contributed by atoms with E-state index in [1.807, 2.05) is 24.3 Å². The molecule has 0 saturated carbocycles. The molecular formula is C18H18ClNO3. The molecular weight excluding hydrogens is 314 g/mol. The monoisotopic (exact) mass is 331 g/mol. The predicted molar refractivity (Wildman–Crippen MR) is 89.1 cm³/mol. The number of fused-ring (bicyclic) bond motifs is 1. The van der Waals surface area contributed by atoms with Gasteiger partial charge in [-0.3, -0.25) is 4.79 Å². The molecule has 23 heavy (non-hydrogen) atoms. The minimum atomic E-state index is -0.142. The first-order valence-corrected chi connectivity index (χ1v) is 7.88. The zero-order valence-corrected chi connectivity index (χ0v) is 13.8. The van der Waals surface area contributed by atoms with E-state index in [0.29, 0.717) is 22.1 Å². The Morgan fingerprint density at radius 1 is 1.09 bits per heavy atom. The summed E-state index contributed by atoms with van der Waals surface area (Å²) in [6.45, 7) is 4.33. The SMILES string of the molecule is CC(C)C(NC(=O)c1ccc2c(c1)OCO2)c1ccc(Cl)cc1. The van der Waals surface area contributed by atoms with E-state index < -0.39 is 0 Å². The molecule has 0 aromatic heterocycles. The number of rotatable bonds is 4. The fourth-order valence-electron chi connectivity index (χ4n) is 2.57. The number of nitrogens with one attached hydrogen (secondary N) is 1. The van der Waals surface area contributed by atoms with Crippen LogP contribution in [0.2, 0.25) is 5.02 Å². The van der Waals surface area contributed by atoms with Crippen LogP contribution in [0.1, 0.15) is 35.8 Å². The third kappa shape index (κ3) is 3.42. The maximum atomic E-state index is 12.6. The molecule has 0 bridgehead atoms. The summed E-state index contributed by atoms with van der Waals surface area (Å²) >= 11 is 5.94. The van der Waals surface area contributed by atoms with Crippen molar-refractivity contribution >= 4 is 17.5 Å². The number of hydrogen-bond donors (Lipinski definition) is 1. The molecule has 1 unspecified atom stereocenters. The quantitative estimate of drug-likeness (QED) is 0.913. The van der Waals surface area contributed by atoms with Gasteiger partial charge in [0.25, 0.3) is 5.91 Å². The van der Waals surface area contributed by atoms with Gasteiger partial charge < -0.3 is 14.8 Å². The lowest BCUT2D eigenvalue weighted by Crippen LogP contribution is -2.31. The van der Waals surface area contributed by atoms with Crippen molar-refractivity contribution < 1.29 is 14.3 Å². The second-order valence-corrected chi connectivity index (χ2v) is 6.25. The molecule has 1 aliphatic heterocycles. The summed E-state index contributed by atoms with van der Waals surface area (Å²) in [5, 5.41) is 3.76. The van der Waals surface area contributed by atoms with Crippen LogP contribution in [-0.2, 0) is 0 Å². The highest BCUT2D eigenvalue weighted by molar-refractivity contribution is 6.30. The van der Waals surface area contributed by atoms with Crippen LogP contribution < -0.4 is 14.8 Å². The Morgan fingerprint density at radius 3 is 2.48 bits per heavy atom. The van der Waals surface area contributed by atoms with Gasteiger partial charge in [0.15, 0.2) is 11.5 Å². The van der Waals surface area contributed by atoms with Gasteiger partial charge in [0.1, 0.15) is 0 Å². The van der Waals surface area contributed by atoms with Gasteiger partial charge >= 0.3 is 0 Å². The molecule has 0 spiro atoms. The minimum absolute atomic E-state index is 0.0924. The smallest absolute Gasteiger partial charge is 0.251 e. The Kier molecular flexibility index (Phi) is 4.44. The van der Waals surface area contributed by atoms with Crippen molar-refractivity contribution in [1.82, 2.24) is 5.32 Å². The van der Waals surface area contributed by atoms with E-state index in [1.165, 1.54) is 0 Å². The molecule has 3 rings (SSSR count). The first kappa shape index (κ1) is 15.7. The number of amides is 1. The van der Waals surface area contributed by atoms with Crippen LogP contribution in [-0.4, -0.2) is 12.7 Å². The lowest BCUT2D eigenvalue weighted by atomic mass is 9.95. The molecule has 1 heterocycles. The van der Waals surface area contributed by atoms with E-state index in [2.05, 4.69) is 19.2 Å². The Labute approximate surface area is 140 Å². The fraction of sp³-hybridized carbons (Fsp3) is 0.278. The van der Waals surface area contributed by atoms with Gasteiger partial charge in [-0.15, -0.1) is 0 Å². The van der Waals surface area contributed by atoms with Crippen LogP contribution in [0.15, 0.2) is 42.5 Å². The van der Waals surface area contributed by atoms with Crippen molar-refractivity contribution in [3.05, 3.63) is 58.6 Å². The van der Waals surface area contributed by atoms with Gasteiger partial charge in [0, 0.05) is 10.6 Å². The van der Waals surface area contributed by atoms with Crippen molar-refractivity contribution in [2.75, 3.05) is 6.79 Å². The topological polar surface area (TPSA) is 47.6 Å². The predicted octanol–water partition coefficient (Wildman–Crippen LogP) is 4.20. The van der Waals surface area contributed by atoms with Gasteiger partial charge in [-0.1, -0.05) is 37.6 Å². The summed E-state index contributed by atoms with van der Waals surface area (Å²) in [5.74, 6) is 1.37. The maximum absolute atomic E-state index is 12.6. The van der Waals surface area contributed by atoms with Gasteiger partial charge in [-0.2, -0.15) is 0 Å². The second-order valence-electron chi connectivity index (χ2n) is 5.81. The summed E-state index contributed by atoms with van der Waals surface area (Å²) in [7, 11) is 0. The van der Waals surface area contributed by atoms with Crippen molar-refractivity contribution in [1.29, 1.82) is 0 Å². The second kappa shape index (κ2) is 6.50. The standard InChI is InChI=1S/C18H18ClNO3/c1-11(2)17(12-3-6-14(19)7-4-12)20-18(21)13-5-8-15-16(9-13)23-10-22-15/h3-9,11,17H,10H2,1-2H3,(H,20,21). The number of ether oxygens (including phenoxy) is 2. The lowest BCUT2D eigenvalue weighted by Gasteiger charge is -2.23. The van der Waals surface area contributed by atoms with Crippen LogP contribution >= 0.6 is 11.6 Å². The molecule has 120 valence electrons. The third-order valence-corrected chi connectivity index (χ3v) is 4.07. The summed E-state index contributed by atoms with van der Waals surface area (Å²) in [5.41, 5.74) is 1.58. The first-order chi connectivity index (χ1) is 11.0. The van der Waals surface area contributed by atoms with Crippen molar-refractivity contribution in [2.24, 2.45) is 5.92 Å². The molecule has 1 aliphatic rings. The first-order valence-electron chi connectivity index (χ1n) is 7.50. The summed E-state index contributed by atoms with van der Waals surface area (Å²) < 4.78 is 10.6. The molecule has 0 aliphatic carbocycles. The van der Waals surface area contributed by atoms with Crippen LogP contribution in [0.4, 0.5) is 0 Å². The molecule has 1 amide bonds. The normalized spacial score (nSPS) is 13.9. The van der Waals surface area contributed by atoms with Gasteiger partial charge in [0.05, 0.1) is 6.04 Å². The molecule has 0 fully saturated rings. The largest absolute Gasteiger partial charge is 0.454 e. The van der Waals surface area contributed by atoms with Gasteiger partial charge in [0.2, 0.25) is 6.79 Å². The number of halogens is 1. The maximum Gasteiger partial charge on any atom is 0.251 e. The number of carbonyl (C=O) groups excluding carboxylic acids is 1. The highest BCUT2D eigenvalue weighted by Crippen LogP contribution is 2.33. The zero-order valence-electron chi connectivity index (χ0n) is 13.0. The third-order valence-electron chi connectivity index (χ3n) is 3.82. The summed E-state index contributed by atoms with van der Waals surface area (Å²) in [6.07, 6.45) is 0. The lowest BCUT2D eigenvalue weighted by molar-refractivity contribution is 0.0925. The minimum Gasteiger partial charge on any atom is -0.454 e. The molecule has 4 nitrogen and oxygen atoms in total. The Balaban J connectivity index is 1.80.